The van der Waals surface area contributed by atoms with Gasteiger partial charge in [-0.15, -0.1) is 0 Å². The summed E-state index contributed by atoms with van der Waals surface area (Å²) in [5.74, 6) is 0.618. The van der Waals surface area contributed by atoms with Crippen LogP contribution in [-0.4, -0.2) is 6.61 Å². The van der Waals surface area contributed by atoms with Gasteiger partial charge in [0.05, 0.1) is 15.9 Å². The molecule has 0 bridgehead atoms. The van der Waals surface area contributed by atoms with Gasteiger partial charge in [0, 0.05) is 0 Å². The van der Waals surface area contributed by atoms with E-state index in [1.807, 2.05) is 31.2 Å². The van der Waals surface area contributed by atoms with Crippen LogP contribution in [0.5, 0.6) is 5.75 Å². The van der Waals surface area contributed by atoms with Crippen molar-refractivity contribution in [1.82, 2.24) is 0 Å². The second-order valence-electron chi connectivity index (χ2n) is 4.96. The molecule has 1 atom stereocenters. The van der Waals surface area contributed by atoms with Gasteiger partial charge in [-0.05, 0) is 70.2 Å². The van der Waals surface area contributed by atoms with E-state index in [4.69, 9.17) is 4.74 Å². The van der Waals surface area contributed by atoms with Crippen LogP contribution in [0.25, 0.3) is 0 Å². The summed E-state index contributed by atoms with van der Waals surface area (Å²) in [4.78, 5) is -0.0524. The van der Waals surface area contributed by atoms with Crippen molar-refractivity contribution < 1.29 is 9.13 Å². The summed E-state index contributed by atoms with van der Waals surface area (Å²) in [5.41, 5.74) is 2.87. The first-order valence-corrected chi connectivity index (χ1v) is 8.55. The lowest BCUT2D eigenvalue weighted by atomic mass is 10.0. The van der Waals surface area contributed by atoms with Crippen molar-refractivity contribution in [3.05, 3.63) is 63.4 Å². The number of benzene rings is 2. The van der Waals surface area contributed by atoms with Crippen LogP contribution in [0.2, 0.25) is 0 Å². The van der Waals surface area contributed by atoms with Crippen molar-refractivity contribution in [2.45, 2.75) is 25.1 Å². The molecule has 0 radical (unpaired) electrons. The van der Waals surface area contributed by atoms with E-state index in [0.29, 0.717) is 6.61 Å². The van der Waals surface area contributed by atoms with E-state index in [-0.39, 0.29) is 10.6 Å². The maximum atomic E-state index is 13.5. The lowest BCUT2D eigenvalue weighted by Gasteiger charge is -2.14. The van der Waals surface area contributed by atoms with Gasteiger partial charge in [-0.2, -0.15) is 0 Å². The molecular weight excluding hydrogens is 399 g/mol. The topological polar surface area (TPSA) is 9.23 Å². The molecule has 0 amide bonds. The maximum Gasteiger partial charge on any atom is 0.133 e. The molecule has 0 aromatic heterocycles. The standard InChI is InChI=1S/C17H17Br2FO/c1-3-6-21-16-5-4-12(10-15(16)18)17(19)13-7-11(2)8-14(20)9-13/h4-5,7-10,17H,3,6H2,1-2H3. The van der Waals surface area contributed by atoms with Crippen LogP contribution in [0.3, 0.4) is 0 Å². The molecule has 4 heteroatoms. The molecule has 21 heavy (non-hydrogen) atoms. The molecular formula is C17H17Br2FO. The van der Waals surface area contributed by atoms with Gasteiger partial charge < -0.3 is 4.74 Å². The highest BCUT2D eigenvalue weighted by Gasteiger charge is 2.14. The Morgan fingerprint density at radius 1 is 1.14 bits per heavy atom. The van der Waals surface area contributed by atoms with Gasteiger partial charge in [0.1, 0.15) is 11.6 Å². The fourth-order valence-corrected chi connectivity index (χ4v) is 3.17. The van der Waals surface area contributed by atoms with E-state index < -0.39 is 0 Å². The van der Waals surface area contributed by atoms with E-state index >= 15 is 0 Å². The van der Waals surface area contributed by atoms with Gasteiger partial charge in [0.2, 0.25) is 0 Å². The Balaban J connectivity index is 2.26. The second kappa shape index (κ2) is 7.41. The van der Waals surface area contributed by atoms with E-state index in [9.17, 15) is 4.39 Å². The molecule has 112 valence electrons. The molecule has 0 aliphatic heterocycles. The molecule has 0 aliphatic carbocycles. The Bertz CT molecular complexity index is 608. The highest BCUT2D eigenvalue weighted by Crippen LogP contribution is 2.36. The summed E-state index contributed by atoms with van der Waals surface area (Å²) in [7, 11) is 0. The Morgan fingerprint density at radius 3 is 2.52 bits per heavy atom. The second-order valence-corrected chi connectivity index (χ2v) is 6.73. The zero-order valence-corrected chi connectivity index (χ0v) is 15.2. The first-order chi connectivity index (χ1) is 10.0. The number of rotatable bonds is 5. The average Bonchev–Trinajstić information content (AvgIpc) is 2.44. The van der Waals surface area contributed by atoms with Gasteiger partial charge in [-0.25, -0.2) is 4.39 Å². The fourth-order valence-electron chi connectivity index (χ4n) is 2.11. The fraction of sp³-hybridized carbons (Fsp3) is 0.294. The number of hydrogen-bond donors (Lipinski definition) is 0. The van der Waals surface area contributed by atoms with Crippen molar-refractivity contribution in [3.63, 3.8) is 0 Å². The molecule has 0 N–H and O–H groups in total. The Hall–Kier alpha value is -0.870. The van der Waals surface area contributed by atoms with E-state index in [0.717, 1.165) is 33.3 Å². The molecule has 1 unspecified atom stereocenters. The molecule has 0 fully saturated rings. The monoisotopic (exact) mass is 414 g/mol. The molecule has 0 saturated heterocycles. The predicted octanol–water partition coefficient (Wildman–Crippen LogP) is 6.17. The summed E-state index contributed by atoms with van der Waals surface area (Å²) >= 11 is 7.17. The molecule has 1 nitrogen and oxygen atoms in total. The number of ether oxygens (including phenoxy) is 1. The van der Waals surface area contributed by atoms with E-state index in [1.165, 1.54) is 6.07 Å². The number of aryl methyl sites for hydroxylation is 1. The minimum atomic E-state index is -0.212. The Labute approximate surface area is 141 Å². The van der Waals surface area contributed by atoms with Crippen molar-refractivity contribution >= 4 is 31.9 Å². The number of alkyl halides is 1. The average molecular weight is 416 g/mol. The molecule has 0 spiro atoms. The van der Waals surface area contributed by atoms with E-state index in [1.54, 1.807) is 6.07 Å². The minimum Gasteiger partial charge on any atom is -0.492 e. The van der Waals surface area contributed by atoms with Gasteiger partial charge >= 0.3 is 0 Å². The first-order valence-electron chi connectivity index (χ1n) is 6.84. The zero-order valence-electron chi connectivity index (χ0n) is 12.0. The van der Waals surface area contributed by atoms with Crippen LogP contribution in [0.1, 0.15) is 34.9 Å². The van der Waals surface area contributed by atoms with Crippen LogP contribution >= 0.6 is 31.9 Å². The van der Waals surface area contributed by atoms with Crippen molar-refractivity contribution in [2.24, 2.45) is 0 Å². The van der Waals surface area contributed by atoms with Crippen molar-refractivity contribution in [3.8, 4) is 5.75 Å². The van der Waals surface area contributed by atoms with E-state index in [2.05, 4.69) is 38.8 Å². The van der Waals surface area contributed by atoms with Crippen LogP contribution in [-0.2, 0) is 0 Å². The minimum absolute atomic E-state index is 0.0524. The van der Waals surface area contributed by atoms with Gasteiger partial charge in [-0.3, -0.25) is 0 Å². The lowest BCUT2D eigenvalue weighted by molar-refractivity contribution is 0.315. The first kappa shape index (κ1) is 16.5. The number of halogens is 3. The largest absolute Gasteiger partial charge is 0.492 e. The molecule has 2 rings (SSSR count). The third kappa shape index (κ3) is 4.30. The summed E-state index contributed by atoms with van der Waals surface area (Å²) in [6.07, 6.45) is 0.970. The van der Waals surface area contributed by atoms with Crippen LogP contribution in [0.15, 0.2) is 40.9 Å². The van der Waals surface area contributed by atoms with Gasteiger partial charge in [0.15, 0.2) is 0 Å². The normalized spacial score (nSPS) is 12.2. The molecule has 2 aromatic carbocycles. The number of hydrogen-bond acceptors (Lipinski definition) is 1. The van der Waals surface area contributed by atoms with Crippen LogP contribution < -0.4 is 4.74 Å². The van der Waals surface area contributed by atoms with Crippen LogP contribution in [0, 0.1) is 12.7 Å². The molecule has 0 aliphatic rings. The predicted molar refractivity (Wildman–Crippen MR) is 91.8 cm³/mol. The van der Waals surface area contributed by atoms with Gasteiger partial charge in [0.25, 0.3) is 0 Å². The maximum absolute atomic E-state index is 13.5. The highest BCUT2D eigenvalue weighted by atomic mass is 79.9. The summed E-state index contributed by atoms with van der Waals surface area (Å²) in [6.45, 7) is 4.66. The third-order valence-electron chi connectivity index (χ3n) is 3.07. The van der Waals surface area contributed by atoms with Gasteiger partial charge in [-0.1, -0.05) is 35.0 Å². The summed E-state index contributed by atoms with van der Waals surface area (Å²) < 4.78 is 20.1. The molecule has 2 aromatic rings. The lowest BCUT2D eigenvalue weighted by Crippen LogP contribution is -1.98. The van der Waals surface area contributed by atoms with Crippen molar-refractivity contribution in [2.75, 3.05) is 6.61 Å². The SMILES string of the molecule is CCCOc1ccc(C(Br)c2cc(C)cc(F)c2)cc1Br. The highest BCUT2D eigenvalue weighted by molar-refractivity contribution is 9.10. The zero-order chi connectivity index (χ0) is 15.4. The van der Waals surface area contributed by atoms with Crippen molar-refractivity contribution in [1.29, 1.82) is 0 Å². The Kier molecular flexibility index (Phi) is 5.82. The third-order valence-corrected chi connectivity index (χ3v) is 4.74. The molecule has 0 heterocycles. The Morgan fingerprint density at radius 2 is 1.90 bits per heavy atom. The smallest absolute Gasteiger partial charge is 0.133 e. The van der Waals surface area contributed by atoms with Crippen LogP contribution in [0.4, 0.5) is 4.39 Å². The quantitative estimate of drug-likeness (QED) is 0.530. The molecule has 0 saturated carbocycles. The summed E-state index contributed by atoms with van der Waals surface area (Å²) in [5, 5.41) is 0. The summed E-state index contributed by atoms with van der Waals surface area (Å²) in [6, 6.07) is 11.0.